The summed E-state index contributed by atoms with van der Waals surface area (Å²) in [4.78, 5) is 18.4. The standard InChI is InChI=1S/C15H22ClN3O2/c1-2-18-8-5-10(6-9-18)14-17-13(16)12-11(15(20)21)4-3-7-19(12)14/h10-11H,2-9H2,1H3,(H,20,21). The van der Waals surface area contributed by atoms with Gasteiger partial charge in [0, 0.05) is 12.5 Å². The molecule has 0 aromatic carbocycles. The van der Waals surface area contributed by atoms with E-state index in [0.717, 1.165) is 57.0 Å². The van der Waals surface area contributed by atoms with E-state index >= 15 is 0 Å². The lowest BCUT2D eigenvalue weighted by Crippen LogP contribution is -2.34. The van der Waals surface area contributed by atoms with Crippen LogP contribution >= 0.6 is 11.6 Å². The van der Waals surface area contributed by atoms with Gasteiger partial charge in [-0.3, -0.25) is 4.79 Å². The number of carboxylic acids is 1. The Morgan fingerprint density at radius 1 is 1.33 bits per heavy atom. The summed E-state index contributed by atoms with van der Waals surface area (Å²) in [6.07, 6.45) is 3.71. The third-order valence-electron chi connectivity index (χ3n) is 4.89. The SMILES string of the molecule is CCN1CCC(c2nc(Cl)c3n2CCCC3C(=O)O)CC1. The van der Waals surface area contributed by atoms with Crippen LogP contribution in [0.5, 0.6) is 0 Å². The minimum atomic E-state index is -0.787. The molecule has 0 saturated carbocycles. The van der Waals surface area contributed by atoms with Crippen LogP contribution in [0.25, 0.3) is 0 Å². The van der Waals surface area contributed by atoms with Crippen molar-refractivity contribution in [3.8, 4) is 0 Å². The molecule has 116 valence electrons. The zero-order valence-electron chi connectivity index (χ0n) is 12.4. The molecule has 0 spiro atoms. The fourth-order valence-corrected chi connectivity index (χ4v) is 3.99. The van der Waals surface area contributed by atoms with Crippen molar-refractivity contribution in [2.45, 2.75) is 51.0 Å². The van der Waals surface area contributed by atoms with Crippen LogP contribution in [-0.2, 0) is 11.3 Å². The maximum Gasteiger partial charge on any atom is 0.312 e. The Bertz CT molecular complexity index is 535. The minimum Gasteiger partial charge on any atom is -0.481 e. The van der Waals surface area contributed by atoms with Gasteiger partial charge in [-0.2, -0.15) is 0 Å². The maximum absolute atomic E-state index is 11.4. The number of imidazole rings is 1. The molecule has 1 aromatic heterocycles. The summed E-state index contributed by atoms with van der Waals surface area (Å²) in [5, 5.41) is 9.79. The van der Waals surface area contributed by atoms with Crippen molar-refractivity contribution in [2.24, 2.45) is 0 Å². The average molecular weight is 312 g/mol. The average Bonchev–Trinajstić information content (AvgIpc) is 2.84. The molecule has 2 aliphatic rings. The van der Waals surface area contributed by atoms with E-state index in [0.29, 0.717) is 17.5 Å². The van der Waals surface area contributed by atoms with Gasteiger partial charge in [-0.15, -0.1) is 0 Å². The lowest BCUT2D eigenvalue weighted by Gasteiger charge is -2.32. The Balaban J connectivity index is 1.88. The summed E-state index contributed by atoms with van der Waals surface area (Å²) in [6, 6.07) is 0. The smallest absolute Gasteiger partial charge is 0.312 e. The van der Waals surface area contributed by atoms with Gasteiger partial charge in [0.15, 0.2) is 5.15 Å². The van der Waals surface area contributed by atoms with E-state index in [2.05, 4.69) is 21.4 Å². The fraction of sp³-hybridized carbons (Fsp3) is 0.733. The number of aromatic nitrogens is 2. The molecule has 1 atom stereocenters. The number of hydrogen-bond acceptors (Lipinski definition) is 3. The molecular weight excluding hydrogens is 290 g/mol. The quantitative estimate of drug-likeness (QED) is 0.932. The number of aliphatic carboxylic acids is 1. The molecule has 0 radical (unpaired) electrons. The molecule has 3 heterocycles. The molecule has 5 nitrogen and oxygen atoms in total. The van der Waals surface area contributed by atoms with Crippen LogP contribution < -0.4 is 0 Å². The Hall–Kier alpha value is -1.07. The molecule has 1 aromatic rings. The second kappa shape index (κ2) is 5.97. The van der Waals surface area contributed by atoms with Gasteiger partial charge < -0.3 is 14.6 Å². The Morgan fingerprint density at radius 2 is 2.05 bits per heavy atom. The summed E-state index contributed by atoms with van der Waals surface area (Å²) in [5.74, 6) is 0.136. The minimum absolute atomic E-state index is 0.398. The number of hydrogen-bond donors (Lipinski definition) is 1. The number of halogens is 1. The molecule has 21 heavy (non-hydrogen) atoms. The van der Waals surface area contributed by atoms with Crippen LogP contribution in [0, 0.1) is 0 Å². The normalized spacial score (nSPS) is 24.0. The van der Waals surface area contributed by atoms with Gasteiger partial charge in [-0.05, 0) is 45.3 Å². The first-order chi connectivity index (χ1) is 10.1. The number of fused-ring (bicyclic) bond motifs is 1. The second-order valence-electron chi connectivity index (χ2n) is 6.04. The molecule has 6 heteroatoms. The predicted octanol–water partition coefficient (Wildman–Crippen LogP) is 2.70. The largest absolute Gasteiger partial charge is 0.481 e. The fourth-order valence-electron chi connectivity index (χ4n) is 3.67. The van der Waals surface area contributed by atoms with Crippen LogP contribution in [0.3, 0.4) is 0 Å². The molecule has 3 rings (SSSR count). The van der Waals surface area contributed by atoms with Gasteiger partial charge in [-0.25, -0.2) is 4.98 Å². The zero-order chi connectivity index (χ0) is 15.0. The lowest BCUT2D eigenvalue weighted by atomic mass is 9.93. The van der Waals surface area contributed by atoms with Gasteiger partial charge in [0.05, 0.1) is 5.69 Å². The van der Waals surface area contributed by atoms with E-state index in [4.69, 9.17) is 11.6 Å². The highest BCUT2D eigenvalue weighted by atomic mass is 35.5. The van der Waals surface area contributed by atoms with Gasteiger partial charge in [0.25, 0.3) is 0 Å². The number of carbonyl (C=O) groups is 1. The highest BCUT2D eigenvalue weighted by Crippen LogP contribution is 2.38. The van der Waals surface area contributed by atoms with Crippen LogP contribution in [0.1, 0.15) is 56.0 Å². The highest BCUT2D eigenvalue weighted by Gasteiger charge is 2.34. The van der Waals surface area contributed by atoms with Gasteiger partial charge >= 0.3 is 5.97 Å². The molecule has 2 aliphatic heterocycles. The third kappa shape index (κ3) is 2.69. The molecule has 1 saturated heterocycles. The van der Waals surface area contributed by atoms with Crippen molar-refractivity contribution in [1.82, 2.24) is 14.5 Å². The number of carboxylic acid groups (broad SMARTS) is 1. The first-order valence-corrected chi connectivity index (χ1v) is 8.20. The van der Waals surface area contributed by atoms with Gasteiger partial charge in [-0.1, -0.05) is 18.5 Å². The number of rotatable bonds is 3. The van der Waals surface area contributed by atoms with Crippen molar-refractivity contribution in [3.63, 3.8) is 0 Å². The number of likely N-dealkylation sites (tertiary alicyclic amines) is 1. The Kier molecular flexibility index (Phi) is 4.22. The lowest BCUT2D eigenvalue weighted by molar-refractivity contribution is -0.139. The van der Waals surface area contributed by atoms with E-state index in [1.807, 2.05) is 0 Å². The molecule has 0 aliphatic carbocycles. The first-order valence-electron chi connectivity index (χ1n) is 7.82. The van der Waals surface area contributed by atoms with E-state index in [-0.39, 0.29) is 0 Å². The topological polar surface area (TPSA) is 58.4 Å². The Labute approximate surface area is 129 Å². The molecule has 1 N–H and O–H groups in total. The third-order valence-corrected chi connectivity index (χ3v) is 5.17. The molecular formula is C15H22ClN3O2. The van der Waals surface area contributed by atoms with Crippen LogP contribution in [0.4, 0.5) is 0 Å². The first kappa shape index (κ1) is 14.9. The van der Waals surface area contributed by atoms with Gasteiger partial charge in [0.2, 0.25) is 0 Å². The molecule has 1 unspecified atom stereocenters. The van der Waals surface area contributed by atoms with Crippen LogP contribution in [-0.4, -0.2) is 45.2 Å². The summed E-state index contributed by atoms with van der Waals surface area (Å²) >= 11 is 6.27. The van der Waals surface area contributed by atoms with Crippen molar-refractivity contribution in [1.29, 1.82) is 0 Å². The summed E-state index contributed by atoms with van der Waals surface area (Å²) in [5.41, 5.74) is 0.725. The van der Waals surface area contributed by atoms with E-state index in [1.165, 1.54) is 0 Å². The van der Waals surface area contributed by atoms with Crippen molar-refractivity contribution in [2.75, 3.05) is 19.6 Å². The summed E-state index contributed by atoms with van der Waals surface area (Å²) in [6.45, 7) is 6.30. The van der Waals surface area contributed by atoms with E-state index < -0.39 is 11.9 Å². The summed E-state index contributed by atoms with van der Waals surface area (Å²) in [7, 11) is 0. The highest BCUT2D eigenvalue weighted by molar-refractivity contribution is 6.30. The van der Waals surface area contributed by atoms with Crippen LogP contribution in [0.15, 0.2) is 0 Å². The number of nitrogens with zero attached hydrogens (tertiary/aromatic N) is 3. The second-order valence-corrected chi connectivity index (χ2v) is 6.40. The number of piperidine rings is 1. The molecule has 0 amide bonds. The maximum atomic E-state index is 11.4. The van der Waals surface area contributed by atoms with Crippen molar-refractivity contribution in [3.05, 3.63) is 16.7 Å². The van der Waals surface area contributed by atoms with Crippen LogP contribution in [0.2, 0.25) is 5.15 Å². The molecule has 0 bridgehead atoms. The predicted molar refractivity (Wildman–Crippen MR) is 80.9 cm³/mol. The zero-order valence-corrected chi connectivity index (χ0v) is 13.1. The van der Waals surface area contributed by atoms with Crippen molar-refractivity contribution < 1.29 is 9.90 Å². The summed E-state index contributed by atoms with van der Waals surface area (Å²) < 4.78 is 2.09. The van der Waals surface area contributed by atoms with Gasteiger partial charge in [0.1, 0.15) is 11.7 Å². The van der Waals surface area contributed by atoms with E-state index in [1.54, 1.807) is 0 Å². The Morgan fingerprint density at radius 3 is 2.67 bits per heavy atom. The van der Waals surface area contributed by atoms with E-state index in [9.17, 15) is 9.90 Å². The van der Waals surface area contributed by atoms with Crippen molar-refractivity contribution >= 4 is 17.6 Å². The molecule has 1 fully saturated rings. The monoisotopic (exact) mass is 311 g/mol.